The summed E-state index contributed by atoms with van der Waals surface area (Å²) in [5, 5.41) is 3.21. The maximum absolute atomic E-state index is 11.8. The van der Waals surface area contributed by atoms with E-state index in [0.29, 0.717) is 13.2 Å². The highest BCUT2D eigenvalue weighted by atomic mass is 16.5. The summed E-state index contributed by atoms with van der Waals surface area (Å²) in [5.74, 6) is 0. The predicted molar refractivity (Wildman–Crippen MR) is 67.3 cm³/mol. The number of nitrogens with one attached hydrogen (secondary N) is 2. The molecule has 1 aromatic rings. The molecule has 0 bridgehead atoms. The van der Waals surface area contributed by atoms with Crippen LogP contribution in [0.5, 0.6) is 0 Å². The van der Waals surface area contributed by atoms with Crippen LogP contribution < -0.4 is 10.9 Å². The SMILES string of the molecule is COCCNCc1cc2c([nH]c1=O)CCCC2. The highest BCUT2D eigenvalue weighted by Gasteiger charge is 2.12. The van der Waals surface area contributed by atoms with Gasteiger partial charge in [-0.25, -0.2) is 0 Å². The summed E-state index contributed by atoms with van der Waals surface area (Å²) in [6.07, 6.45) is 4.53. The summed E-state index contributed by atoms with van der Waals surface area (Å²) in [6.45, 7) is 2.06. The standard InChI is InChI=1S/C13H20N2O2/c1-17-7-6-14-9-11-8-10-4-2-3-5-12(10)15-13(11)16/h8,14H,2-7,9H2,1H3,(H,15,16). The van der Waals surface area contributed by atoms with Gasteiger partial charge >= 0.3 is 0 Å². The van der Waals surface area contributed by atoms with E-state index in [-0.39, 0.29) is 5.56 Å². The molecule has 1 aromatic heterocycles. The van der Waals surface area contributed by atoms with Crippen LogP contribution in [-0.2, 0) is 24.1 Å². The number of hydrogen-bond donors (Lipinski definition) is 2. The summed E-state index contributed by atoms with van der Waals surface area (Å²) < 4.78 is 4.95. The third kappa shape index (κ3) is 3.17. The Hall–Kier alpha value is -1.13. The lowest BCUT2D eigenvalue weighted by Crippen LogP contribution is -2.25. The fourth-order valence-electron chi connectivity index (χ4n) is 2.25. The summed E-state index contributed by atoms with van der Waals surface area (Å²) in [7, 11) is 1.67. The maximum atomic E-state index is 11.8. The molecule has 2 N–H and O–H groups in total. The highest BCUT2D eigenvalue weighted by Crippen LogP contribution is 2.18. The molecule has 1 aliphatic carbocycles. The predicted octanol–water partition coefficient (Wildman–Crippen LogP) is 0.990. The lowest BCUT2D eigenvalue weighted by molar-refractivity contribution is 0.199. The van der Waals surface area contributed by atoms with E-state index in [1.165, 1.54) is 18.4 Å². The van der Waals surface area contributed by atoms with Gasteiger partial charge in [-0.2, -0.15) is 0 Å². The average Bonchev–Trinajstić information content (AvgIpc) is 2.35. The van der Waals surface area contributed by atoms with Crippen molar-refractivity contribution >= 4 is 0 Å². The van der Waals surface area contributed by atoms with E-state index in [4.69, 9.17) is 4.74 Å². The normalized spacial score (nSPS) is 14.6. The average molecular weight is 236 g/mol. The van der Waals surface area contributed by atoms with Gasteiger partial charge in [-0.1, -0.05) is 0 Å². The Labute approximate surface area is 101 Å². The maximum Gasteiger partial charge on any atom is 0.252 e. The Morgan fingerprint density at radius 3 is 3.06 bits per heavy atom. The van der Waals surface area contributed by atoms with Crippen LogP contribution >= 0.6 is 0 Å². The van der Waals surface area contributed by atoms with Gasteiger partial charge in [0.05, 0.1) is 6.61 Å². The fourth-order valence-corrected chi connectivity index (χ4v) is 2.25. The monoisotopic (exact) mass is 236 g/mol. The van der Waals surface area contributed by atoms with E-state index in [1.807, 2.05) is 0 Å². The molecule has 0 atom stereocenters. The number of pyridine rings is 1. The Balaban J connectivity index is 2.04. The van der Waals surface area contributed by atoms with E-state index >= 15 is 0 Å². The van der Waals surface area contributed by atoms with Crippen molar-refractivity contribution in [3.8, 4) is 0 Å². The quantitative estimate of drug-likeness (QED) is 0.750. The molecule has 0 radical (unpaired) electrons. The molecule has 1 aliphatic rings. The summed E-state index contributed by atoms with van der Waals surface area (Å²) in [5.41, 5.74) is 3.35. The third-order valence-electron chi connectivity index (χ3n) is 3.21. The van der Waals surface area contributed by atoms with Crippen molar-refractivity contribution in [1.29, 1.82) is 0 Å². The number of methoxy groups -OCH3 is 1. The van der Waals surface area contributed by atoms with Crippen molar-refractivity contribution in [1.82, 2.24) is 10.3 Å². The van der Waals surface area contributed by atoms with Gasteiger partial charge < -0.3 is 15.0 Å². The highest BCUT2D eigenvalue weighted by molar-refractivity contribution is 5.27. The number of rotatable bonds is 5. The van der Waals surface area contributed by atoms with Gasteiger partial charge in [0, 0.05) is 31.5 Å². The minimum absolute atomic E-state index is 0.0515. The zero-order chi connectivity index (χ0) is 12.1. The third-order valence-corrected chi connectivity index (χ3v) is 3.21. The second kappa shape index (κ2) is 5.98. The fraction of sp³-hybridized carbons (Fsp3) is 0.615. The molecule has 94 valence electrons. The zero-order valence-electron chi connectivity index (χ0n) is 10.3. The molecule has 4 heteroatoms. The lowest BCUT2D eigenvalue weighted by Gasteiger charge is -2.16. The number of ether oxygens (including phenoxy) is 1. The van der Waals surface area contributed by atoms with Gasteiger partial charge in [-0.15, -0.1) is 0 Å². The Morgan fingerprint density at radius 2 is 2.24 bits per heavy atom. The van der Waals surface area contributed by atoms with E-state index in [2.05, 4.69) is 16.4 Å². The van der Waals surface area contributed by atoms with Crippen LogP contribution in [0.3, 0.4) is 0 Å². The van der Waals surface area contributed by atoms with Crippen molar-refractivity contribution in [2.75, 3.05) is 20.3 Å². The summed E-state index contributed by atoms with van der Waals surface area (Å²) in [6, 6.07) is 2.06. The molecule has 4 nitrogen and oxygen atoms in total. The molecule has 17 heavy (non-hydrogen) atoms. The van der Waals surface area contributed by atoms with Crippen LogP contribution in [0.2, 0.25) is 0 Å². The number of aromatic amines is 1. The second-order valence-electron chi connectivity index (χ2n) is 4.50. The van der Waals surface area contributed by atoms with Crippen LogP contribution in [-0.4, -0.2) is 25.2 Å². The molecule has 0 aliphatic heterocycles. The number of aromatic nitrogens is 1. The first-order valence-corrected chi connectivity index (χ1v) is 6.25. The number of fused-ring (bicyclic) bond motifs is 1. The van der Waals surface area contributed by atoms with Crippen LogP contribution in [0.1, 0.15) is 29.7 Å². The first-order valence-electron chi connectivity index (χ1n) is 6.25. The number of hydrogen-bond acceptors (Lipinski definition) is 3. The molecule has 0 saturated carbocycles. The van der Waals surface area contributed by atoms with Crippen LogP contribution in [0.25, 0.3) is 0 Å². The summed E-state index contributed by atoms with van der Waals surface area (Å²) >= 11 is 0. The Morgan fingerprint density at radius 1 is 1.41 bits per heavy atom. The van der Waals surface area contributed by atoms with Gasteiger partial charge in [0.15, 0.2) is 0 Å². The van der Waals surface area contributed by atoms with Crippen molar-refractivity contribution in [2.45, 2.75) is 32.2 Å². The molecular formula is C13H20N2O2. The molecule has 0 fully saturated rings. The lowest BCUT2D eigenvalue weighted by atomic mass is 9.95. The minimum atomic E-state index is 0.0515. The molecule has 0 aromatic carbocycles. The molecule has 0 spiro atoms. The molecule has 1 heterocycles. The summed E-state index contributed by atoms with van der Waals surface area (Å²) in [4.78, 5) is 14.8. The van der Waals surface area contributed by atoms with E-state index in [9.17, 15) is 4.79 Å². The van der Waals surface area contributed by atoms with Crippen molar-refractivity contribution in [3.05, 3.63) is 33.2 Å². The smallest absolute Gasteiger partial charge is 0.252 e. The number of aryl methyl sites for hydroxylation is 2. The van der Waals surface area contributed by atoms with E-state index < -0.39 is 0 Å². The molecule has 0 amide bonds. The minimum Gasteiger partial charge on any atom is -0.383 e. The second-order valence-corrected chi connectivity index (χ2v) is 4.50. The van der Waals surface area contributed by atoms with Crippen molar-refractivity contribution in [2.24, 2.45) is 0 Å². The van der Waals surface area contributed by atoms with Gasteiger partial charge in [0.1, 0.15) is 0 Å². The molecule has 0 unspecified atom stereocenters. The topological polar surface area (TPSA) is 54.1 Å². The zero-order valence-corrected chi connectivity index (χ0v) is 10.3. The first-order chi connectivity index (χ1) is 8.31. The van der Waals surface area contributed by atoms with Crippen LogP contribution in [0.4, 0.5) is 0 Å². The number of H-pyrrole nitrogens is 1. The van der Waals surface area contributed by atoms with Gasteiger partial charge in [-0.05, 0) is 37.3 Å². The first kappa shape index (κ1) is 12.3. The van der Waals surface area contributed by atoms with Gasteiger partial charge in [0.2, 0.25) is 0 Å². The Bertz CT molecular complexity index is 426. The van der Waals surface area contributed by atoms with Crippen LogP contribution in [0.15, 0.2) is 10.9 Å². The molecule has 0 saturated heterocycles. The van der Waals surface area contributed by atoms with Crippen molar-refractivity contribution in [3.63, 3.8) is 0 Å². The van der Waals surface area contributed by atoms with Crippen LogP contribution in [0, 0.1) is 0 Å². The van der Waals surface area contributed by atoms with Gasteiger partial charge in [0.25, 0.3) is 5.56 Å². The largest absolute Gasteiger partial charge is 0.383 e. The van der Waals surface area contributed by atoms with Gasteiger partial charge in [-0.3, -0.25) is 4.79 Å². The van der Waals surface area contributed by atoms with E-state index in [1.54, 1.807) is 7.11 Å². The Kier molecular flexibility index (Phi) is 4.34. The van der Waals surface area contributed by atoms with E-state index in [0.717, 1.165) is 30.6 Å². The molecule has 2 rings (SSSR count). The van der Waals surface area contributed by atoms with Crippen molar-refractivity contribution < 1.29 is 4.74 Å². The molecular weight excluding hydrogens is 216 g/mol.